The molecule has 0 aliphatic heterocycles. The van der Waals surface area contributed by atoms with Gasteiger partial charge in [-0.15, -0.1) is 0 Å². The zero-order chi connectivity index (χ0) is 15.3. The second-order valence-corrected chi connectivity index (χ2v) is 7.46. The van der Waals surface area contributed by atoms with E-state index in [9.17, 15) is 8.42 Å². The number of rotatable bonds is 7. The Morgan fingerprint density at radius 3 is 2.55 bits per heavy atom. The molecule has 0 fully saturated rings. The van der Waals surface area contributed by atoms with Crippen LogP contribution in [0.1, 0.15) is 31.4 Å². The fourth-order valence-corrected chi connectivity index (χ4v) is 3.38. The first kappa shape index (κ1) is 17.1. The van der Waals surface area contributed by atoms with Crippen molar-refractivity contribution in [3.05, 3.63) is 29.3 Å². The molecule has 0 heterocycles. The van der Waals surface area contributed by atoms with Crippen molar-refractivity contribution in [1.82, 2.24) is 9.62 Å². The second kappa shape index (κ2) is 7.20. The Morgan fingerprint density at radius 1 is 1.35 bits per heavy atom. The third kappa shape index (κ3) is 4.04. The highest BCUT2D eigenvalue weighted by molar-refractivity contribution is 7.89. The van der Waals surface area contributed by atoms with Gasteiger partial charge in [-0.1, -0.05) is 26.3 Å². The van der Waals surface area contributed by atoms with Crippen LogP contribution in [0, 0.1) is 12.8 Å². The molecule has 114 valence electrons. The van der Waals surface area contributed by atoms with Gasteiger partial charge in [-0.3, -0.25) is 0 Å². The summed E-state index contributed by atoms with van der Waals surface area (Å²) in [6, 6.07) is 5.34. The Hall–Kier alpha value is -0.910. The molecular weight excluding hydrogens is 272 g/mol. The normalized spacial score (nSPS) is 13.7. The molecule has 20 heavy (non-hydrogen) atoms. The first-order valence-electron chi connectivity index (χ1n) is 7.03. The molecule has 0 saturated heterocycles. The van der Waals surface area contributed by atoms with Crippen LogP contribution in [0.15, 0.2) is 23.1 Å². The van der Waals surface area contributed by atoms with Crippen LogP contribution in [0.25, 0.3) is 0 Å². The summed E-state index contributed by atoms with van der Waals surface area (Å²) in [6.07, 6.45) is 0.971. The van der Waals surface area contributed by atoms with E-state index in [1.54, 1.807) is 19.2 Å². The van der Waals surface area contributed by atoms with Crippen LogP contribution in [0.3, 0.4) is 0 Å². The Morgan fingerprint density at radius 2 is 2.00 bits per heavy atom. The van der Waals surface area contributed by atoms with Crippen molar-refractivity contribution in [3.8, 4) is 0 Å². The van der Waals surface area contributed by atoms with Crippen molar-refractivity contribution in [2.45, 2.75) is 38.6 Å². The number of sulfonamides is 1. The van der Waals surface area contributed by atoms with Crippen molar-refractivity contribution >= 4 is 10.0 Å². The fraction of sp³-hybridized carbons (Fsp3) is 0.600. The number of benzene rings is 1. The van der Waals surface area contributed by atoms with Crippen LogP contribution in [0.2, 0.25) is 0 Å². The molecule has 0 aliphatic rings. The monoisotopic (exact) mass is 298 g/mol. The molecule has 5 heteroatoms. The summed E-state index contributed by atoms with van der Waals surface area (Å²) < 4.78 is 26.6. The largest absolute Gasteiger partial charge is 0.316 e. The van der Waals surface area contributed by atoms with E-state index in [0.717, 1.165) is 17.5 Å². The van der Waals surface area contributed by atoms with Gasteiger partial charge in [0.05, 0.1) is 4.90 Å². The van der Waals surface area contributed by atoms with Crippen molar-refractivity contribution in [2.75, 3.05) is 20.6 Å². The van der Waals surface area contributed by atoms with Gasteiger partial charge in [0.1, 0.15) is 0 Å². The smallest absolute Gasteiger partial charge is 0.242 e. The summed E-state index contributed by atoms with van der Waals surface area (Å²) in [5.41, 5.74) is 2.12. The minimum Gasteiger partial charge on any atom is -0.316 e. The zero-order valence-corrected chi connectivity index (χ0v) is 13.9. The molecule has 0 aromatic heterocycles. The predicted octanol–water partition coefficient (Wildman–Crippen LogP) is 2.38. The first-order valence-corrected chi connectivity index (χ1v) is 8.47. The molecule has 0 amide bonds. The maximum absolute atomic E-state index is 12.6. The lowest BCUT2D eigenvalue weighted by molar-refractivity contribution is 0.393. The fourth-order valence-electron chi connectivity index (χ4n) is 2.04. The highest BCUT2D eigenvalue weighted by Gasteiger charge is 2.22. The lowest BCUT2D eigenvalue weighted by Gasteiger charge is -2.21. The van der Waals surface area contributed by atoms with Crippen molar-refractivity contribution in [3.63, 3.8) is 0 Å². The van der Waals surface area contributed by atoms with Gasteiger partial charge in [-0.2, -0.15) is 0 Å². The van der Waals surface area contributed by atoms with E-state index in [4.69, 9.17) is 0 Å². The lowest BCUT2D eigenvalue weighted by Crippen LogP contribution is -2.31. The molecule has 4 nitrogen and oxygen atoms in total. The van der Waals surface area contributed by atoms with E-state index in [1.807, 2.05) is 20.0 Å². The van der Waals surface area contributed by atoms with E-state index in [0.29, 0.717) is 23.9 Å². The summed E-state index contributed by atoms with van der Waals surface area (Å²) >= 11 is 0. The van der Waals surface area contributed by atoms with E-state index in [-0.39, 0.29) is 0 Å². The Bertz CT molecular complexity index is 541. The van der Waals surface area contributed by atoms with Crippen LogP contribution in [-0.4, -0.2) is 33.4 Å². The van der Waals surface area contributed by atoms with Gasteiger partial charge in [0.15, 0.2) is 0 Å². The summed E-state index contributed by atoms with van der Waals surface area (Å²) in [5, 5.41) is 3.07. The van der Waals surface area contributed by atoms with Crippen LogP contribution in [0.4, 0.5) is 0 Å². The maximum atomic E-state index is 12.6. The molecule has 0 radical (unpaired) electrons. The third-order valence-electron chi connectivity index (χ3n) is 3.66. The number of hydrogen-bond donors (Lipinski definition) is 1. The van der Waals surface area contributed by atoms with Crippen LogP contribution >= 0.6 is 0 Å². The standard InChI is InChI=1S/C15H26N2O2S/c1-6-12(2)11-17(5)20(18,19)15-8-7-13(3)14(9-15)10-16-4/h7-9,12,16H,6,10-11H2,1-5H3. The maximum Gasteiger partial charge on any atom is 0.242 e. The summed E-state index contributed by atoms with van der Waals surface area (Å²) in [4.78, 5) is 0.374. The molecule has 0 aliphatic carbocycles. The molecule has 0 spiro atoms. The molecule has 0 saturated carbocycles. The predicted molar refractivity (Wildman–Crippen MR) is 83.2 cm³/mol. The van der Waals surface area contributed by atoms with Gasteiger partial charge in [0.25, 0.3) is 0 Å². The third-order valence-corrected chi connectivity index (χ3v) is 5.48. The quantitative estimate of drug-likeness (QED) is 0.841. The second-order valence-electron chi connectivity index (χ2n) is 5.42. The summed E-state index contributed by atoms with van der Waals surface area (Å²) in [7, 11) is 0.113. The van der Waals surface area contributed by atoms with E-state index in [2.05, 4.69) is 19.2 Å². The highest BCUT2D eigenvalue weighted by atomic mass is 32.2. The van der Waals surface area contributed by atoms with Crippen LogP contribution < -0.4 is 5.32 Å². The van der Waals surface area contributed by atoms with E-state index in [1.165, 1.54) is 4.31 Å². The molecular formula is C15H26N2O2S. The van der Waals surface area contributed by atoms with E-state index < -0.39 is 10.0 Å². The molecule has 1 rings (SSSR count). The minimum absolute atomic E-state index is 0.358. The number of hydrogen-bond acceptors (Lipinski definition) is 3. The minimum atomic E-state index is -3.40. The lowest BCUT2D eigenvalue weighted by atomic mass is 10.1. The summed E-state index contributed by atoms with van der Waals surface area (Å²) in [5.74, 6) is 0.358. The molecule has 0 bridgehead atoms. The first-order chi connectivity index (χ1) is 9.32. The van der Waals surface area contributed by atoms with Crippen molar-refractivity contribution in [2.24, 2.45) is 5.92 Å². The van der Waals surface area contributed by atoms with Gasteiger partial charge in [0.2, 0.25) is 10.0 Å². The van der Waals surface area contributed by atoms with Crippen LogP contribution in [-0.2, 0) is 16.6 Å². The van der Waals surface area contributed by atoms with Gasteiger partial charge in [-0.05, 0) is 43.1 Å². The number of nitrogens with zero attached hydrogens (tertiary/aromatic N) is 1. The number of aryl methyl sites for hydroxylation is 1. The van der Waals surface area contributed by atoms with Crippen LogP contribution in [0.5, 0.6) is 0 Å². The highest BCUT2D eigenvalue weighted by Crippen LogP contribution is 2.20. The van der Waals surface area contributed by atoms with E-state index >= 15 is 0 Å². The molecule has 1 atom stereocenters. The number of nitrogens with one attached hydrogen (secondary N) is 1. The van der Waals surface area contributed by atoms with Gasteiger partial charge in [0, 0.05) is 20.1 Å². The Labute approximate surface area is 123 Å². The Balaban J connectivity index is 3.06. The van der Waals surface area contributed by atoms with Gasteiger partial charge >= 0.3 is 0 Å². The average Bonchev–Trinajstić information content (AvgIpc) is 2.41. The topological polar surface area (TPSA) is 49.4 Å². The van der Waals surface area contributed by atoms with Crippen molar-refractivity contribution in [1.29, 1.82) is 0 Å². The Kier molecular flexibility index (Phi) is 6.17. The molecule has 1 aromatic carbocycles. The zero-order valence-electron chi connectivity index (χ0n) is 13.1. The SMILES string of the molecule is CCC(C)CN(C)S(=O)(=O)c1ccc(C)c(CNC)c1. The molecule has 1 unspecified atom stereocenters. The van der Waals surface area contributed by atoms with Crippen molar-refractivity contribution < 1.29 is 8.42 Å². The average molecular weight is 298 g/mol. The molecule has 1 aromatic rings. The summed E-state index contributed by atoms with van der Waals surface area (Å²) in [6.45, 7) is 7.35. The van der Waals surface area contributed by atoms with Gasteiger partial charge < -0.3 is 5.32 Å². The molecule has 1 N–H and O–H groups in total. The van der Waals surface area contributed by atoms with Gasteiger partial charge in [-0.25, -0.2) is 12.7 Å².